The van der Waals surface area contributed by atoms with Gasteiger partial charge >= 0.3 is 0 Å². The Labute approximate surface area is 122 Å². The Hall–Kier alpha value is -2.43. The number of nitrogens with one attached hydrogen (secondary N) is 1. The zero-order valence-electron chi connectivity index (χ0n) is 11.2. The van der Waals surface area contributed by atoms with Crippen molar-refractivity contribution in [3.05, 3.63) is 51.8 Å². The van der Waals surface area contributed by atoms with Crippen molar-refractivity contribution in [2.45, 2.75) is 13.5 Å². The fourth-order valence-electron chi connectivity index (χ4n) is 1.97. The molecule has 0 saturated heterocycles. The van der Waals surface area contributed by atoms with Crippen LogP contribution in [0.2, 0.25) is 5.02 Å². The average molecular weight is 285 g/mol. The molecule has 1 N–H and O–H groups in total. The first-order valence-corrected chi connectivity index (χ1v) is 6.43. The zero-order chi connectivity index (χ0) is 14.7. The number of benzene rings is 1. The third-order valence-electron chi connectivity index (χ3n) is 3.32. The summed E-state index contributed by atoms with van der Waals surface area (Å²) in [5.74, 6) is 0. The second-order valence-corrected chi connectivity index (χ2v) is 4.88. The van der Waals surface area contributed by atoms with E-state index >= 15 is 0 Å². The van der Waals surface area contributed by atoms with Crippen molar-refractivity contribution in [2.75, 3.05) is 5.32 Å². The molecule has 0 aliphatic rings. The Morgan fingerprint density at radius 3 is 2.60 bits per heavy atom. The number of aromatic nitrogens is 1. The highest BCUT2D eigenvalue weighted by Crippen LogP contribution is 2.24. The van der Waals surface area contributed by atoms with E-state index in [-0.39, 0.29) is 0 Å². The fourth-order valence-corrected chi connectivity index (χ4v) is 2.15. The first-order chi connectivity index (χ1) is 9.56. The number of rotatable bonds is 3. The molecule has 2 aromatic rings. The number of hydrogen-bond donors (Lipinski definition) is 1. The predicted molar refractivity (Wildman–Crippen MR) is 78.4 cm³/mol. The van der Waals surface area contributed by atoms with E-state index in [4.69, 9.17) is 22.1 Å². The Kier molecular flexibility index (Phi) is 3.98. The average Bonchev–Trinajstić information content (AvgIpc) is 2.74. The van der Waals surface area contributed by atoms with Crippen LogP contribution in [0.15, 0.2) is 24.3 Å². The molecule has 20 heavy (non-hydrogen) atoms. The molecule has 100 valence electrons. The minimum absolute atomic E-state index is 0.552. The summed E-state index contributed by atoms with van der Waals surface area (Å²) in [5, 5.41) is 21.7. The third kappa shape index (κ3) is 2.61. The quantitative estimate of drug-likeness (QED) is 0.940. The molecule has 0 bridgehead atoms. The van der Waals surface area contributed by atoms with Crippen LogP contribution >= 0.6 is 11.6 Å². The maximum Gasteiger partial charge on any atom is 0.120 e. The molecule has 0 spiro atoms. The van der Waals surface area contributed by atoms with Gasteiger partial charge in [0.05, 0.1) is 22.3 Å². The van der Waals surface area contributed by atoms with Crippen LogP contribution in [-0.4, -0.2) is 4.57 Å². The number of nitrogens with zero attached hydrogens (tertiary/aromatic N) is 3. The van der Waals surface area contributed by atoms with Gasteiger partial charge in [-0.15, -0.1) is 0 Å². The normalized spacial score (nSPS) is 9.85. The van der Waals surface area contributed by atoms with E-state index in [1.54, 1.807) is 18.2 Å². The van der Waals surface area contributed by atoms with Gasteiger partial charge in [-0.3, -0.25) is 0 Å². The highest BCUT2D eigenvalue weighted by molar-refractivity contribution is 6.33. The highest BCUT2D eigenvalue weighted by Gasteiger charge is 2.09. The monoisotopic (exact) mass is 284 g/mol. The van der Waals surface area contributed by atoms with E-state index in [1.807, 2.05) is 24.6 Å². The number of hydrogen-bond acceptors (Lipinski definition) is 3. The molecule has 1 aromatic heterocycles. The number of anilines is 1. The molecular weight excluding hydrogens is 272 g/mol. The summed E-state index contributed by atoms with van der Waals surface area (Å²) in [7, 11) is 1.86. The minimum atomic E-state index is 0.552. The first kappa shape index (κ1) is 14.0. The van der Waals surface area contributed by atoms with Gasteiger partial charge in [-0.05, 0) is 36.8 Å². The molecule has 0 aliphatic carbocycles. The lowest BCUT2D eigenvalue weighted by Gasteiger charge is -2.09. The summed E-state index contributed by atoms with van der Waals surface area (Å²) in [6, 6.07) is 11.2. The standard InChI is InChI=1S/C15H13ClN4/c1-10-12(6-13(8-18)20(10)2)9-19-15-5-11(7-17)3-4-14(15)16/h3-6,19H,9H2,1-2H3. The second kappa shape index (κ2) is 5.69. The summed E-state index contributed by atoms with van der Waals surface area (Å²) < 4.78 is 1.85. The van der Waals surface area contributed by atoms with Gasteiger partial charge in [0.2, 0.25) is 0 Å². The lowest BCUT2D eigenvalue weighted by Crippen LogP contribution is -2.02. The van der Waals surface area contributed by atoms with Gasteiger partial charge in [-0.25, -0.2) is 0 Å². The van der Waals surface area contributed by atoms with Crippen molar-refractivity contribution >= 4 is 17.3 Å². The summed E-state index contributed by atoms with van der Waals surface area (Å²) in [5.41, 5.74) is 3.95. The van der Waals surface area contributed by atoms with E-state index < -0.39 is 0 Å². The van der Waals surface area contributed by atoms with Crippen LogP contribution in [-0.2, 0) is 13.6 Å². The lowest BCUT2D eigenvalue weighted by atomic mass is 10.2. The van der Waals surface area contributed by atoms with Gasteiger partial charge in [0.1, 0.15) is 11.8 Å². The Morgan fingerprint density at radius 1 is 1.25 bits per heavy atom. The zero-order valence-corrected chi connectivity index (χ0v) is 12.0. The van der Waals surface area contributed by atoms with E-state index in [1.165, 1.54) is 0 Å². The van der Waals surface area contributed by atoms with E-state index in [2.05, 4.69) is 17.5 Å². The molecule has 0 aliphatic heterocycles. The molecule has 2 rings (SSSR count). The molecule has 0 unspecified atom stereocenters. The van der Waals surface area contributed by atoms with Gasteiger partial charge in [0.25, 0.3) is 0 Å². The van der Waals surface area contributed by atoms with Crippen LogP contribution in [0.3, 0.4) is 0 Å². The molecule has 0 fully saturated rings. The molecule has 1 heterocycles. The summed E-state index contributed by atoms with van der Waals surface area (Å²) in [6.07, 6.45) is 0. The van der Waals surface area contributed by atoms with Crippen molar-refractivity contribution in [3.8, 4) is 12.1 Å². The molecule has 4 nitrogen and oxygen atoms in total. The van der Waals surface area contributed by atoms with Crippen LogP contribution < -0.4 is 5.32 Å². The van der Waals surface area contributed by atoms with E-state index in [0.29, 0.717) is 28.5 Å². The Morgan fingerprint density at radius 2 is 2.00 bits per heavy atom. The van der Waals surface area contributed by atoms with Crippen molar-refractivity contribution in [2.24, 2.45) is 7.05 Å². The topological polar surface area (TPSA) is 64.5 Å². The van der Waals surface area contributed by atoms with Crippen LogP contribution in [0.1, 0.15) is 22.5 Å². The van der Waals surface area contributed by atoms with Crippen molar-refractivity contribution < 1.29 is 0 Å². The van der Waals surface area contributed by atoms with Gasteiger partial charge in [0, 0.05) is 19.3 Å². The summed E-state index contributed by atoms with van der Waals surface area (Å²) in [6.45, 7) is 2.51. The Balaban J connectivity index is 2.22. The van der Waals surface area contributed by atoms with Gasteiger partial charge in [-0.1, -0.05) is 11.6 Å². The van der Waals surface area contributed by atoms with Crippen LogP contribution in [0.4, 0.5) is 5.69 Å². The van der Waals surface area contributed by atoms with Gasteiger partial charge in [0.15, 0.2) is 0 Å². The van der Waals surface area contributed by atoms with E-state index in [0.717, 1.165) is 11.3 Å². The molecule has 0 atom stereocenters. The molecule has 1 aromatic carbocycles. The SMILES string of the molecule is Cc1c(CNc2cc(C#N)ccc2Cl)cc(C#N)n1C. The smallest absolute Gasteiger partial charge is 0.120 e. The van der Waals surface area contributed by atoms with Crippen molar-refractivity contribution in [3.63, 3.8) is 0 Å². The molecule has 5 heteroatoms. The van der Waals surface area contributed by atoms with Gasteiger partial charge < -0.3 is 9.88 Å². The molecule has 0 radical (unpaired) electrons. The molecular formula is C15H13ClN4. The van der Waals surface area contributed by atoms with E-state index in [9.17, 15) is 0 Å². The molecule has 0 amide bonds. The first-order valence-electron chi connectivity index (χ1n) is 6.05. The minimum Gasteiger partial charge on any atom is -0.380 e. The largest absolute Gasteiger partial charge is 0.380 e. The van der Waals surface area contributed by atoms with Crippen molar-refractivity contribution in [1.29, 1.82) is 10.5 Å². The Bertz CT molecular complexity index is 732. The lowest BCUT2D eigenvalue weighted by molar-refractivity contribution is 0.856. The number of halogens is 1. The van der Waals surface area contributed by atoms with Crippen LogP contribution in [0, 0.1) is 29.6 Å². The maximum atomic E-state index is 9.01. The second-order valence-electron chi connectivity index (χ2n) is 4.47. The third-order valence-corrected chi connectivity index (χ3v) is 3.65. The predicted octanol–water partition coefficient (Wildman–Crippen LogP) is 3.34. The van der Waals surface area contributed by atoms with Crippen LogP contribution in [0.5, 0.6) is 0 Å². The van der Waals surface area contributed by atoms with Crippen molar-refractivity contribution in [1.82, 2.24) is 4.57 Å². The molecule has 0 saturated carbocycles. The fraction of sp³-hybridized carbons (Fsp3) is 0.200. The van der Waals surface area contributed by atoms with Crippen LogP contribution in [0.25, 0.3) is 0 Å². The summed E-state index contributed by atoms with van der Waals surface area (Å²) >= 11 is 6.09. The summed E-state index contributed by atoms with van der Waals surface area (Å²) in [4.78, 5) is 0. The highest BCUT2D eigenvalue weighted by atomic mass is 35.5. The maximum absolute atomic E-state index is 9.01. The van der Waals surface area contributed by atoms with Gasteiger partial charge in [-0.2, -0.15) is 10.5 Å². The number of nitriles is 2.